The molecule has 1 nitrogen and oxygen atoms in total. The van der Waals surface area contributed by atoms with Crippen LogP contribution in [-0.4, -0.2) is 16.8 Å². The van der Waals surface area contributed by atoms with Gasteiger partial charge in [-0.05, 0) is 0 Å². The van der Waals surface area contributed by atoms with Crippen molar-refractivity contribution in [3.63, 3.8) is 0 Å². The Bertz CT molecular complexity index is 338. The van der Waals surface area contributed by atoms with E-state index in [2.05, 4.69) is 0 Å². The van der Waals surface area contributed by atoms with Crippen molar-refractivity contribution in [3.8, 4) is 0 Å². The van der Waals surface area contributed by atoms with E-state index in [4.69, 9.17) is 20.2 Å². The molecule has 84 valence electrons. The van der Waals surface area contributed by atoms with Gasteiger partial charge in [0.25, 0.3) is 0 Å². The van der Waals surface area contributed by atoms with E-state index in [9.17, 15) is 4.79 Å². The number of benzene rings is 1. The van der Waals surface area contributed by atoms with E-state index in [1.54, 1.807) is 0 Å². The SMILES string of the molecule is CCC(=O)C(C)[Se](Cl)(Cl)c1ccccc1. The van der Waals surface area contributed by atoms with Crippen LogP contribution in [-0.2, 0) is 4.79 Å². The van der Waals surface area contributed by atoms with Crippen LogP contribution in [0.2, 0.25) is 4.82 Å². The summed E-state index contributed by atoms with van der Waals surface area (Å²) in [6.07, 6.45) is 0.493. The third-order valence-electron chi connectivity index (χ3n) is 2.30. The molecule has 1 aromatic carbocycles. The Hall–Kier alpha value is -0.0105. The topological polar surface area (TPSA) is 17.1 Å². The normalized spacial score (nSPS) is 14.7. The summed E-state index contributed by atoms with van der Waals surface area (Å²) in [6.45, 7) is 3.67. The molecule has 0 N–H and O–H groups in total. The summed E-state index contributed by atoms with van der Waals surface area (Å²) >= 11 is -2.86. The monoisotopic (exact) mass is 312 g/mol. The molecule has 0 radical (unpaired) electrons. The molecule has 0 bridgehead atoms. The molecule has 0 aliphatic carbocycles. The van der Waals surface area contributed by atoms with Crippen LogP contribution >= 0.6 is 20.2 Å². The summed E-state index contributed by atoms with van der Waals surface area (Å²) in [6, 6.07) is 9.51. The molecule has 0 saturated heterocycles. The van der Waals surface area contributed by atoms with Crippen LogP contribution in [0.3, 0.4) is 0 Å². The number of halogens is 2. The van der Waals surface area contributed by atoms with E-state index in [-0.39, 0.29) is 10.6 Å². The van der Waals surface area contributed by atoms with E-state index in [1.165, 1.54) is 0 Å². The Morgan fingerprint density at radius 2 is 1.87 bits per heavy atom. The zero-order valence-electron chi connectivity index (χ0n) is 8.74. The van der Waals surface area contributed by atoms with Crippen molar-refractivity contribution in [2.75, 3.05) is 0 Å². The molecule has 0 heterocycles. The Kier molecular flexibility index (Phi) is 4.66. The predicted molar refractivity (Wildman–Crippen MR) is 68.3 cm³/mol. The van der Waals surface area contributed by atoms with Gasteiger partial charge in [0.15, 0.2) is 0 Å². The maximum atomic E-state index is 11.6. The molecule has 0 amide bonds. The van der Waals surface area contributed by atoms with Crippen molar-refractivity contribution in [1.29, 1.82) is 0 Å². The van der Waals surface area contributed by atoms with Crippen molar-refractivity contribution < 1.29 is 4.79 Å². The molecule has 4 heteroatoms. The van der Waals surface area contributed by atoms with Gasteiger partial charge in [-0.2, -0.15) is 0 Å². The van der Waals surface area contributed by atoms with Gasteiger partial charge in [0.1, 0.15) is 0 Å². The first kappa shape index (κ1) is 13.1. The summed E-state index contributed by atoms with van der Waals surface area (Å²) in [5.74, 6) is 0.142. The Morgan fingerprint density at radius 1 is 1.33 bits per heavy atom. The van der Waals surface area contributed by atoms with Crippen LogP contribution in [0.15, 0.2) is 30.3 Å². The molecule has 1 unspecified atom stereocenters. The fraction of sp³-hybridized carbons (Fsp3) is 0.364. The van der Waals surface area contributed by atoms with Gasteiger partial charge in [-0.15, -0.1) is 0 Å². The predicted octanol–water partition coefficient (Wildman–Crippen LogP) is 3.18. The number of hydrogen-bond donors (Lipinski definition) is 0. The summed E-state index contributed by atoms with van der Waals surface area (Å²) < 4.78 is 0.923. The molecular weight excluding hydrogens is 298 g/mol. The number of carbonyl (C=O) groups is 1. The Labute approximate surface area is 101 Å². The van der Waals surface area contributed by atoms with Gasteiger partial charge < -0.3 is 0 Å². The fourth-order valence-corrected chi connectivity index (χ4v) is 6.35. The first-order chi connectivity index (χ1) is 7.00. The van der Waals surface area contributed by atoms with Crippen LogP contribution in [0, 0.1) is 0 Å². The van der Waals surface area contributed by atoms with Gasteiger partial charge >= 0.3 is 102 Å². The quantitative estimate of drug-likeness (QED) is 0.781. The standard InChI is InChI=1S/C11H14Cl2OSe/c1-3-11(14)9(2)15(12,13)10-7-5-4-6-8-10/h4-9H,3H2,1-2H3. The van der Waals surface area contributed by atoms with Gasteiger partial charge in [-0.25, -0.2) is 0 Å². The van der Waals surface area contributed by atoms with Crippen LogP contribution in [0.25, 0.3) is 0 Å². The maximum absolute atomic E-state index is 11.6. The summed E-state index contributed by atoms with van der Waals surface area (Å²) in [5.41, 5.74) is 0. The van der Waals surface area contributed by atoms with Gasteiger partial charge in [-0.1, -0.05) is 0 Å². The average molecular weight is 312 g/mol. The van der Waals surface area contributed by atoms with Crippen LogP contribution < -0.4 is 4.46 Å². The zero-order valence-corrected chi connectivity index (χ0v) is 12.0. The minimum atomic E-state index is -2.86. The molecule has 0 fully saturated rings. The molecule has 0 saturated carbocycles. The molecule has 0 aliphatic heterocycles. The summed E-state index contributed by atoms with van der Waals surface area (Å²) in [4.78, 5) is 11.4. The van der Waals surface area contributed by atoms with Crippen LogP contribution in [0.4, 0.5) is 0 Å². The number of ketones is 1. The van der Waals surface area contributed by atoms with E-state index >= 15 is 0 Å². The van der Waals surface area contributed by atoms with Gasteiger partial charge in [-0.3, -0.25) is 0 Å². The third kappa shape index (κ3) is 2.98. The van der Waals surface area contributed by atoms with Crippen molar-refractivity contribution in [3.05, 3.63) is 30.3 Å². The molecule has 0 spiro atoms. The van der Waals surface area contributed by atoms with Gasteiger partial charge in [0.05, 0.1) is 0 Å². The first-order valence-corrected chi connectivity index (χ1v) is 11.1. The van der Waals surface area contributed by atoms with E-state index in [1.807, 2.05) is 44.2 Å². The number of Topliss-reactive ketones (excluding diaryl/α,β-unsaturated/α-hetero) is 1. The fourth-order valence-electron chi connectivity index (χ4n) is 1.26. The first-order valence-electron chi connectivity index (χ1n) is 4.79. The molecule has 0 aromatic heterocycles. The van der Waals surface area contributed by atoms with E-state index in [0.29, 0.717) is 6.42 Å². The molecule has 1 atom stereocenters. The molecule has 0 aliphatic rings. The number of carbonyl (C=O) groups excluding carboxylic acids is 1. The second-order valence-corrected chi connectivity index (χ2v) is 13.8. The Balaban J connectivity index is 2.97. The summed E-state index contributed by atoms with van der Waals surface area (Å²) in [5, 5.41) is 0. The second-order valence-electron chi connectivity index (χ2n) is 3.28. The minimum absolute atomic E-state index is 0.142. The molecule has 1 aromatic rings. The number of hydrogen-bond acceptors (Lipinski definition) is 1. The average Bonchev–Trinajstić information content (AvgIpc) is 2.28. The van der Waals surface area contributed by atoms with E-state index < -0.39 is 11.0 Å². The van der Waals surface area contributed by atoms with Crippen molar-refractivity contribution in [1.82, 2.24) is 0 Å². The van der Waals surface area contributed by atoms with Crippen LogP contribution in [0.1, 0.15) is 20.3 Å². The zero-order chi connectivity index (χ0) is 11.5. The molecule has 15 heavy (non-hydrogen) atoms. The van der Waals surface area contributed by atoms with Crippen molar-refractivity contribution in [2.24, 2.45) is 0 Å². The molecular formula is C11H14Cl2OSe. The van der Waals surface area contributed by atoms with Crippen LogP contribution in [0.5, 0.6) is 0 Å². The summed E-state index contributed by atoms with van der Waals surface area (Å²) in [7, 11) is 12.8. The third-order valence-corrected chi connectivity index (χ3v) is 11.2. The van der Waals surface area contributed by atoms with Crippen molar-refractivity contribution in [2.45, 2.75) is 25.1 Å². The van der Waals surface area contributed by atoms with E-state index in [0.717, 1.165) is 4.46 Å². The molecule has 1 rings (SSSR count). The second kappa shape index (κ2) is 5.36. The van der Waals surface area contributed by atoms with Crippen molar-refractivity contribution >= 4 is 41.5 Å². The Morgan fingerprint density at radius 3 is 2.33 bits per heavy atom. The van der Waals surface area contributed by atoms with Gasteiger partial charge in [0, 0.05) is 0 Å². The van der Waals surface area contributed by atoms with Gasteiger partial charge in [0.2, 0.25) is 0 Å². The number of rotatable bonds is 4.